The second-order valence-electron chi connectivity index (χ2n) is 5.61. The van der Waals surface area contributed by atoms with E-state index in [1.165, 1.54) is 6.20 Å². The minimum absolute atomic E-state index is 0.0624. The summed E-state index contributed by atoms with van der Waals surface area (Å²) < 4.78 is 33.3. The van der Waals surface area contributed by atoms with E-state index in [-0.39, 0.29) is 17.0 Å². The number of sulfonamides is 1. The summed E-state index contributed by atoms with van der Waals surface area (Å²) in [6, 6.07) is 8.53. The lowest BCUT2D eigenvalue weighted by atomic mass is 9.93. The van der Waals surface area contributed by atoms with Crippen LogP contribution in [0.5, 0.6) is 0 Å². The largest absolute Gasteiger partial charge is 0.356 e. The zero-order valence-corrected chi connectivity index (χ0v) is 12.9. The number of aromatic nitrogens is 1. The first-order valence-corrected chi connectivity index (χ1v) is 8.82. The van der Waals surface area contributed by atoms with Crippen molar-refractivity contribution in [1.82, 2.24) is 9.88 Å². The van der Waals surface area contributed by atoms with Gasteiger partial charge in [-0.05, 0) is 37.8 Å². The van der Waals surface area contributed by atoms with Gasteiger partial charge in [-0.3, -0.25) is 0 Å². The highest BCUT2D eigenvalue weighted by Crippen LogP contribution is 2.28. The number of nitrogens with one attached hydrogen (secondary N) is 1. The second-order valence-corrected chi connectivity index (χ2v) is 7.29. The number of nitrogens with two attached hydrogens (primary N) is 1. The van der Waals surface area contributed by atoms with Crippen LogP contribution in [0.3, 0.4) is 0 Å². The van der Waals surface area contributed by atoms with Crippen LogP contribution in [0, 0.1) is 0 Å². The van der Waals surface area contributed by atoms with E-state index in [4.69, 9.17) is 10.3 Å². The predicted octanol–water partition coefficient (Wildman–Crippen LogP) is 1.89. The second kappa shape index (κ2) is 6.20. The van der Waals surface area contributed by atoms with Crippen molar-refractivity contribution in [2.75, 3.05) is 0 Å². The lowest BCUT2D eigenvalue weighted by Crippen LogP contribution is -2.40. The molecule has 1 saturated carbocycles. The molecular weight excluding hydrogens is 302 g/mol. The smallest absolute Gasteiger partial charge is 0.241 e. The molecule has 0 aliphatic heterocycles. The van der Waals surface area contributed by atoms with Crippen LogP contribution in [-0.4, -0.2) is 25.7 Å². The molecule has 2 aromatic rings. The van der Waals surface area contributed by atoms with Gasteiger partial charge in [-0.15, -0.1) is 0 Å². The Morgan fingerprint density at radius 1 is 1.14 bits per heavy atom. The van der Waals surface area contributed by atoms with Crippen molar-refractivity contribution in [2.24, 2.45) is 5.73 Å². The quantitative estimate of drug-likeness (QED) is 0.896. The first-order valence-electron chi connectivity index (χ1n) is 7.34. The highest BCUT2D eigenvalue weighted by atomic mass is 32.2. The molecule has 6 nitrogen and oxygen atoms in total. The van der Waals surface area contributed by atoms with E-state index in [9.17, 15) is 8.42 Å². The molecule has 0 radical (unpaired) electrons. The van der Waals surface area contributed by atoms with Crippen LogP contribution in [-0.2, 0) is 10.0 Å². The van der Waals surface area contributed by atoms with Gasteiger partial charge in [-0.2, -0.15) is 0 Å². The van der Waals surface area contributed by atoms with E-state index < -0.39 is 10.0 Å². The van der Waals surface area contributed by atoms with Crippen molar-refractivity contribution in [2.45, 2.75) is 42.7 Å². The third-order valence-electron chi connectivity index (χ3n) is 3.97. The molecule has 1 heterocycles. The molecular formula is C15H19N3O3S. The Morgan fingerprint density at radius 3 is 2.55 bits per heavy atom. The van der Waals surface area contributed by atoms with Crippen LogP contribution in [0.4, 0.5) is 0 Å². The maximum Gasteiger partial charge on any atom is 0.241 e. The molecule has 0 atom stereocenters. The third kappa shape index (κ3) is 3.21. The Balaban J connectivity index is 1.87. The van der Waals surface area contributed by atoms with Crippen molar-refractivity contribution in [3.8, 4) is 11.3 Å². The Labute approximate surface area is 129 Å². The van der Waals surface area contributed by atoms with Gasteiger partial charge in [0.05, 0.1) is 11.1 Å². The maximum absolute atomic E-state index is 12.7. The van der Waals surface area contributed by atoms with Gasteiger partial charge in [0.2, 0.25) is 10.0 Å². The molecule has 0 saturated heterocycles. The number of benzene rings is 1. The minimum Gasteiger partial charge on any atom is -0.356 e. The summed E-state index contributed by atoms with van der Waals surface area (Å²) >= 11 is 0. The summed E-state index contributed by atoms with van der Waals surface area (Å²) in [4.78, 5) is 0.210. The summed E-state index contributed by atoms with van der Waals surface area (Å²) in [6.07, 6.45) is 4.72. The van der Waals surface area contributed by atoms with Crippen molar-refractivity contribution >= 4 is 10.0 Å². The van der Waals surface area contributed by atoms with Crippen molar-refractivity contribution in [3.63, 3.8) is 0 Å². The lowest BCUT2D eigenvalue weighted by Gasteiger charge is -2.26. The fourth-order valence-corrected chi connectivity index (χ4v) is 4.30. The van der Waals surface area contributed by atoms with E-state index in [1.807, 2.05) is 0 Å². The van der Waals surface area contributed by atoms with Gasteiger partial charge in [0, 0.05) is 23.7 Å². The number of hydrogen-bond donors (Lipinski definition) is 2. The third-order valence-corrected chi connectivity index (χ3v) is 5.55. The summed E-state index contributed by atoms with van der Waals surface area (Å²) in [6.45, 7) is 0. The molecule has 3 rings (SSSR count). The van der Waals surface area contributed by atoms with Crippen molar-refractivity contribution < 1.29 is 12.9 Å². The molecule has 22 heavy (non-hydrogen) atoms. The van der Waals surface area contributed by atoms with E-state index in [0.29, 0.717) is 11.3 Å². The molecule has 0 amide bonds. The average molecular weight is 321 g/mol. The highest BCUT2D eigenvalue weighted by molar-refractivity contribution is 7.89. The number of hydrogen-bond acceptors (Lipinski definition) is 5. The zero-order chi connectivity index (χ0) is 15.6. The fraction of sp³-hybridized carbons (Fsp3) is 0.400. The van der Waals surface area contributed by atoms with Crippen LogP contribution < -0.4 is 10.5 Å². The van der Waals surface area contributed by atoms with Gasteiger partial charge in [0.15, 0.2) is 5.76 Å². The zero-order valence-electron chi connectivity index (χ0n) is 12.1. The van der Waals surface area contributed by atoms with E-state index in [1.54, 1.807) is 30.3 Å². The fourth-order valence-electron chi connectivity index (χ4n) is 2.78. The van der Waals surface area contributed by atoms with Crippen LogP contribution in [0.15, 0.2) is 45.9 Å². The molecule has 0 unspecified atom stereocenters. The van der Waals surface area contributed by atoms with Crippen LogP contribution in [0.1, 0.15) is 25.7 Å². The molecule has 118 valence electrons. The molecule has 1 aromatic heterocycles. The van der Waals surface area contributed by atoms with Gasteiger partial charge in [0.25, 0.3) is 0 Å². The van der Waals surface area contributed by atoms with Gasteiger partial charge in [-0.1, -0.05) is 17.3 Å². The monoisotopic (exact) mass is 321 g/mol. The summed E-state index contributed by atoms with van der Waals surface area (Å²) in [5.74, 6) is 0.437. The topological polar surface area (TPSA) is 98.2 Å². The molecule has 1 aliphatic rings. The van der Waals surface area contributed by atoms with E-state index in [2.05, 4.69) is 9.88 Å². The van der Waals surface area contributed by atoms with Gasteiger partial charge >= 0.3 is 0 Å². The van der Waals surface area contributed by atoms with Gasteiger partial charge in [0.1, 0.15) is 0 Å². The standard InChI is InChI=1S/C15H19N3O3S/c16-11-5-7-12(8-6-11)18-22(19,20)15-4-2-1-3-13(15)14-9-10-17-21-14/h1-4,9-12,18H,5-8,16H2. The van der Waals surface area contributed by atoms with E-state index >= 15 is 0 Å². The normalized spacial score (nSPS) is 22.6. The van der Waals surface area contributed by atoms with Crippen LogP contribution in [0.2, 0.25) is 0 Å². The van der Waals surface area contributed by atoms with Crippen molar-refractivity contribution in [3.05, 3.63) is 36.5 Å². The molecule has 1 aromatic carbocycles. The van der Waals surface area contributed by atoms with Gasteiger partial charge in [-0.25, -0.2) is 13.1 Å². The predicted molar refractivity (Wildman–Crippen MR) is 82.5 cm³/mol. The summed E-state index contributed by atoms with van der Waals surface area (Å²) in [5.41, 5.74) is 6.38. The number of nitrogens with zero attached hydrogens (tertiary/aromatic N) is 1. The first kappa shape index (κ1) is 15.2. The Kier molecular flexibility index (Phi) is 4.28. The Bertz CT molecular complexity index is 720. The average Bonchev–Trinajstić information content (AvgIpc) is 3.04. The minimum atomic E-state index is -3.61. The molecule has 1 fully saturated rings. The molecule has 7 heteroatoms. The number of rotatable bonds is 4. The molecule has 0 bridgehead atoms. The molecule has 1 aliphatic carbocycles. The van der Waals surface area contributed by atoms with Crippen LogP contribution >= 0.6 is 0 Å². The summed E-state index contributed by atoms with van der Waals surface area (Å²) in [7, 11) is -3.61. The van der Waals surface area contributed by atoms with E-state index in [0.717, 1.165) is 25.7 Å². The van der Waals surface area contributed by atoms with Crippen LogP contribution in [0.25, 0.3) is 11.3 Å². The van der Waals surface area contributed by atoms with Gasteiger partial charge < -0.3 is 10.3 Å². The Morgan fingerprint density at radius 2 is 1.86 bits per heavy atom. The SMILES string of the molecule is NC1CCC(NS(=O)(=O)c2ccccc2-c2ccno2)CC1. The van der Waals surface area contributed by atoms with Crippen molar-refractivity contribution in [1.29, 1.82) is 0 Å². The highest BCUT2D eigenvalue weighted by Gasteiger charge is 2.26. The first-order chi connectivity index (χ1) is 10.6. The maximum atomic E-state index is 12.7. The molecule has 3 N–H and O–H groups in total. The lowest BCUT2D eigenvalue weighted by molar-refractivity contribution is 0.373. The Hall–Kier alpha value is -1.70. The summed E-state index contributed by atoms with van der Waals surface area (Å²) in [5, 5.41) is 3.64. The molecule has 0 spiro atoms.